The molecule has 1 N–H and O–H groups in total. The number of hydrogen-bond acceptors (Lipinski definition) is 1. The van der Waals surface area contributed by atoms with Gasteiger partial charge in [0.25, 0.3) is 0 Å². The molecule has 0 heterocycles. The fourth-order valence-electron chi connectivity index (χ4n) is 2.89. The average molecular weight is 226 g/mol. The highest BCUT2D eigenvalue weighted by molar-refractivity contribution is 4.85. The predicted octanol–water partition coefficient (Wildman–Crippen LogP) is 4.25. The molecule has 3 unspecified atom stereocenters. The molecule has 0 amide bonds. The average Bonchev–Trinajstić information content (AvgIpc) is 2.14. The van der Waals surface area contributed by atoms with Gasteiger partial charge in [0.05, 0.1) is 6.10 Å². The number of rotatable bonds is 3. The zero-order chi connectivity index (χ0) is 12.3. The Balaban J connectivity index is 2.48. The van der Waals surface area contributed by atoms with E-state index in [0.29, 0.717) is 11.3 Å². The molecule has 0 aromatic heterocycles. The molecule has 0 bridgehead atoms. The zero-order valence-electron chi connectivity index (χ0n) is 11.8. The van der Waals surface area contributed by atoms with Crippen LogP contribution in [0, 0.1) is 23.2 Å². The van der Waals surface area contributed by atoms with Crippen LogP contribution < -0.4 is 0 Å². The smallest absolute Gasteiger partial charge is 0.0568 e. The van der Waals surface area contributed by atoms with Crippen molar-refractivity contribution in [3.05, 3.63) is 0 Å². The van der Waals surface area contributed by atoms with E-state index >= 15 is 0 Å². The van der Waals surface area contributed by atoms with Gasteiger partial charge < -0.3 is 5.11 Å². The second-order valence-corrected chi connectivity index (χ2v) is 7.17. The third-order valence-electron chi connectivity index (χ3n) is 4.28. The van der Waals surface area contributed by atoms with Crippen molar-refractivity contribution in [1.29, 1.82) is 0 Å². The summed E-state index contributed by atoms with van der Waals surface area (Å²) in [6, 6.07) is 0. The van der Waals surface area contributed by atoms with E-state index in [1.807, 2.05) is 0 Å². The van der Waals surface area contributed by atoms with Crippen LogP contribution in [0.15, 0.2) is 0 Å². The van der Waals surface area contributed by atoms with Crippen molar-refractivity contribution in [2.24, 2.45) is 23.2 Å². The quantitative estimate of drug-likeness (QED) is 0.763. The molecular formula is C15H30O. The number of hydrogen-bond donors (Lipinski definition) is 1. The fraction of sp³-hybridized carbons (Fsp3) is 1.00. The van der Waals surface area contributed by atoms with E-state index in [2.05, 4.69) is 34.6 Å². The first-order valence-corrected chi connectivity index (χ1v) is 6.98. The van der Waals surface area contributed by atoms with Gasteiger partial charge in [-0.1, -0.05) is 41.0 Å². The molecule has 1 aliphatic rings. The van der Waals surface area contributed by atoms with Crippen LogP contribution in [0.5, 0.6) is 0 Å². The van der Waals surface area contributed by atoms with Crippen molar-refractivity contribution in [3.63, 3.8) is 0 Å². The minimum absolute atomic E-state index is 0.0302. The zero-order valence-corrected chi connectivity index (χ0v) is 11.8. The maximum atomic E-state index is 10.1. The minimum Gasteiger partial charge on any atom is -0.393 e. The Morgan fingerprint density at radius 1 is 1.19 bits per heavy atom. The molecule has 1 aliphatic carbocycles. The lowest BCUT2D eigenvalue weighted by Crippen LogP contribution is -2.34. The van der Waals surface area contributed by atoms with Gasteiger partial charge in [0.2, 0.25) is 0 Å². The molecule has 1 saturated carbocycles. The van der Waals surface area contributed by atoms with Gasteiger partial charge in [-0.2, -0.15) is 0 Å². The van der Waals surface area contributed by atoms with E-state index in [4.69, 9.17) is 0 Å². The van der Waals surface area contributed by atoms with Gasteiger partial charge in [0.15, 0.2) is 0 Å². The Kier molecular flexibility index (Phi) is 4.85. The Hall–Kier alpha value is -0.0400. The predicted molar refractivity (Wildman–Crippen MR) is 70.4 cm³/mol. The van der Waals surface area contributed by atoms with Crippen molar-refractivity contribution >= 4 is 0 Å². The normalized spacial score (nSPS) is 32.1. The number of aliphatic hydroxyl groups excluding tert-OH is 1. The van der Waals surface area contributed by atoms with Gasteiger partial charge in [-0.05, 0) is 48.9 Å². The Morgan fingerprint density at radius 3 is 2.31 bits per heavy atom. The third-order valence-corrected chi connectivity index (χ3v) is 4.28. The van der Waals surface area contributed by atoms with E-state index in [-0.39, 0.29) is 6.10 Å². The van der Waals surface area contributed by atoms with Gasteiger partial charge in [-0.3, -0.25) is 0 Å². The molecule has 3 atom stereocenters. The fourth-order valence-corrected chi connectivity index (χ4v) is 2.89. The molecule has 16 heavy (non-hydrogen) atoms. The summed E-state index contributed by atoms with van der Waals surface area (Å²) in [6.45, 7) is 11.6. The Bertz CT molecular complexity index is 202. The van der Waals surface area contributed by atoms with Crippen LogP contribution in [0.4, 0.5) is 0 Å². The minimum atomic E-state index is -0.0302. The lowest BCUT2D eigenvalue weighted by atomic mass is 9.67. The Labute approximate surface area is 102 Å². The van der Waals surface area contributed by atoms with Crippen LogP contribution in [0.2, 0.25) is 0 Å². The summed E-state index contributed by atoms with van der Waals surface area (Å²) in [5.74, 6) is 2.12. The van der Waals surface area contributed by atoms with Crippen LogP contribution in [-0.4, -0.2) is 11.2 Å². The molecule has 96 valence electrons. The molecule has 1 rings (SSSR count). The largest absolute Gasteiger partial charge is 0.393 e. The summed E-state index contributed by atoms with van der Waals surface area (Å²) in [6.07, 6.45) is 5.91. The van der Waals surface area contributed by atoms with Crippen LogP contribution in [0.1, 0.15) is 66.7 Å². The van der Waals surface area contributed by atoms with Crippen molar-refractivity contribution in [2.45, 2.75) is 72.8 Å². The summed E-state index contributed by atoms with van der Waals surface area (Å²) in [7, 11) is 0. The lowest BCUT2D eigenvalue weighted by Gasteiger charge is -2.40. The summed E-state index contributed by atoms with van der Waals surface area (Å²) >= 11 is 0. The molecule has 1 heteroatoms. The van der Waals surface area contributed by atoms with Gasteiger partial charge in [0.1, 0.15) is 0 Å². The summed E-state index contributed by atoms with van der Waals surface area (Å²) in [5.41, 5.74) is 0.413. The lowest BCUT2D eigenvalue weighted by molar-refractivity contribution is 0.0138. The highest BCUT2D eigenvalue weighted by atomic mass is 16.3. The van der Waals surface area contributed by atoms with E-state index in [1.165, 1.54) is 25.7 Å². The van der Waals surface area contributed by atoms with Gasteiger partial charge in [-0.25, -0.2) is 0 Å². The number of aliphatic hydroxyl groups is 1. The summed E-state index contributed by atoms with van der Waals surface area (Å²) in [4.78, 5) is 0. The summed E-state index contributed by atoms with van der Waals surface area (Å²) in [5, 5.41) is 10.1. The molecule has 0 aliphatic heterocycles. The SMILES string of the molecule is CC(C)CCC1CC(C(C)(C)C)CCC1O. The maximum absolute atomic E-state index is 10.1. The molecule has 0 spiro atoms. The van der Waals surface area contributed by atoms with E-state index in [9.17, 15) is 5.11 Å². The summed E-state index contributed by atoms with van der Waals surface area (Å²) < 4.78 is 0. The van der Waals surface area contributed by atoms with Crippen molar-refractivity contribution in [3.8, 4) is 0 Å². The molecule has 1 fully saturated rings. The van der Waals surface area contributed by atoms with Crippen LogP contribution in [0.25, 0.3) is 0 Å². The van der Waals surface area contributed by atoms with E-state index < -0.39 is 0 Å². The topological polar surface area (TPSA) is 20.2 Å². The van der Waals surface area contributed by atoms with Gasteiger partial charge >= 0.3 is 0 Å². The highest BCUT2D eigenvalue weighted by Gasteiger charge is 2.34. The maximum Gasteiger partial charge on any atom is 0.0568 e. The first-order chi connectivity index (χ1) is 7.30. The van der Waals surface area contributed by atoms with Crippen molar-refractivity contribution in [1.82, 2.24) is 0 Å². The molecular weight excluding hydrogens is 196 g/mol. The molecule has 0 saturated heterocycles. The first-order valence-electron chi connectivity index (χ1n) is 6.98. The highest BCUT2D eigenvalue weighted by Crippen LogP contribution is 2.41. The molecule has 0 aromatic rings. The molecule has 0 radical (unpaired) electrons. The molecule has 1 nitrogen and oxygen atoms in total. The van der Waals surface area contributed by atoms with Crippen molar-refractivity contribution in [2.75, 3.05) is 0 Å². The van der Waals surface area contributed by atoms with E-state index in [0.717, 1.165) is 18.3 Å². The van der Waals surface area contributed by atoms with Crippen LogP contribution in [-0.2, 0) is 0 Å². The molecule has 0 aromatic carbocycles. The van der Waals surface area contributed by atoms with Crippen LogP contribution in [0.3, 0.4) is 0 Å². The van der Waals surface area contributed by atoms with Gasteiger partial charge in [-0.15, -0.1) is 0 Å². The second-order valence-electron chi connectivity index (χ2n) is 7.17. The van der Waals surface area contributed by atoms with E-state index in [1.54, 1.807) is 0 Å². The first kappa shape index (κ1) is 14.0. The van der Waals surface area contributed by atoms with Crippen molar-refractivity contribution < 1.29 is 5.11 Å². The monoisotopic (exact) mass is 226 g/mol. The van der Waals surface area contributed by atoms with Gasteiger partial charge in [0, 0.05) is 0 Å². The standard InChI is InChI=1S/C15H30O/c1-11(2)6-7-12-10-13(15(3,4)5)8-9-14(12)16/h11-14,16H,6-10H2,1-5H3. The third kappa shape index (κ3) is 4.08. The second kappa shape index (κ2) is 5.53. The Morgan fingerprint density at radius 2 is 1.81 bits per heavy atom. The van der Waals surface area contributed by atoms with Crippen LogP contribution >= 0.6 is 0 Å².